The van der Waals surface area contributed by atoms with E-state index in [1.54, 1.807) is 4.68 Å². The van der Waals surface area contributed by atoms with Crippen LogP contribution in [-0.4, -0.2) is 25.7 Å². The molecule has 2 rings (SSSR count). The molecule has 1 N–H and O–H groups in total. The van der Waals surface area contributed by atoms with Crippen LogP contribution in [0.5, 0.6) is 0 Å². The highest BCUT2D eigenvalue weighted by molar-refractivity contribution is 6.33. The number of nitrogens with zero attached hydrogens (tertiary/aromatic N) is 4. The van der Waals surface area contributed by atoms with Crippen LogP contribution in [0.3, 0.4) is 0 Å². The molecular weight excluding hydrogens is 290 g/mol. The lowest BCUT2D eigenvalue weighted by molar-refractivity contribution is 0.0945. The van der Waals surface area contributed by atoms with Crippen LogP contribution >= 0.6 is 11.6 Å². The molecule has 0 aromatic carbocycles. The van der Waals surface area contributed by atoms with Gasteiger partial charge in [-0.25, -0.2) is 9.97 Å². The maximum atomic E-state index is 12.2. The first-order valence-corrected chi connectivity index (χ1v) is 7.06. The molecule has 0 atom stereocenters. The zero-order valence-electron chi connectivity index (χ0n) is 12.5. The molecule has 21 heavy (non-hydrogen) atoms. The Morgan fingerprint density at radius 3 is 2.76 bits per heavy atom. The van der Waals surface area contributed by atoms with Gasteiger partial charge in [0.05, 0.1) is 16.9 Å². The number of carbonyl (C=O) groups is 1. The van der Waals surface area contributed by atoms with Crippen LogP contribution in [0.1, 0.15) is 47.3 Å². The Bertz CT molecular complexity index is 665. The molecule has 0 saturated heterocycles. The first-order chi connectivity index (χ1) is 9.88. The lowest BCUT2D eigenvalue weighted by Gasteiger charge is -2.08. The van der Waals surface area contributed by atoms with Crippen molar-refractivity contribution in [1.82, 2.24) is 25.1 Å². The van der Waals surface area contributed by atoms with Gasteiger partial charge < -0.3 is 5.32 Å². The maximum Gasteiger partial charge on any atom is 0.271 e. The number of carbonyl (C=O) groups excluding carboxylic acids is 1. The molecule has 2 aromatic heterocycles. The summed E-state index contributed by atoms with van der Waals surface area (Å²) in [7, 11) is 1.84. The number of hydrogen-bond acceptors (Lipinski definition) is 4. The fourth-order valence-corrected chi connectivity index (χ4v) is 2.08. The molecule has 7 heteroatoms. The molecule has 2 heterocycles. The number of aromatic nitrogens is 4. The molecule has 2 aromatic rings. The van der Waals surface area contributed by atoms with Crippen LogP contribution in [0.25, 0.3) is 0 Å². The van der Waals surface area contributed by atoms with Crippen molar-refractivity contribution in [3.05, 3.63) is 40.2 Å². The van der Waals surface area contributed by atoms with Gasteiger partial charge in [-0.3, -0.25) is 9.48 Å². The van der Waals surface area contributed by atoms with Crippen molar-refractivity contribution in [2.24, 2.45) is 7.05 Å². The van der Waals surface area contributed by atoms with Crippen LogP contribution < -0.4 is 5.32 Å². The summed E-state index contributed by atoms with van der Waals surface area (Å²) in [5.41, 5.74) is 2.05. The summed E-state index contributed by atoms with van der Waals surface area (Å²) in [6, 6.07) is 0. The lowest BCUT2D eigenvalue weighted by atomic mass is 10.2. The third-order valence-electron chi connectivity index (χ3n) is 3.05. The maximum absolute atomic E-state index is 12.2. The van der Waals surface area contributed by atoms with Crippen molar-refractivity contribution in [3.63, 3.8) is 0 Å². The Hall–Kier alpha value is -1.95. The number of amides is 1. The van der Waals surface area contributed by atoms with Crippen molar-refractivity contribution in [2.45, 2.75) is 33.2 Å². The highest BCUT2D eigenvalue weighted by atomic mass is 35.5. The summed E-state index contributed by atoms with van der Waals surface area (Å²) in [6.07, 6.45) is 3.34. The second-order valence-corrected chi connectivity index (χ2v) is 5.58. The van der Waals surface area contributed by atoms with Gasteiger partial charge in [-0.05, 0) is 6.92 Å². The van der Waals surface area contributed by atoms with E-state index in [2.05, 4.69) is 20.4 Å². The van der Waals surface area contributed by atoms with Gasteiger partial charge in [0.25, 0.3) is 5.91 Å². The van der Waals surface area contributed by atoms with Crippen molar-refractivity contribution in [2.75, 3.05) is 0 Å². The molecule has 0 spiro atoms. The number of hydrogen-bond donors (Lipinski definition) is 1. The standard InChI is InChI=1S/C14H18ClN5O/c1-8(2)13-16-6-11(15)12(18-13)14(21)17-5-10-7-20(4)19-9(10)3/h6-8H,5H2,1-4H3,(H,17,21). The van der Waals surface area contributed by atoms with Crippen LogP contribution in [0, 0.1) is 6.92 Å². The third kappa shape index (κ3) is 3.58. The van der Waals surface area contributed by atoms with Crippen molar-refractivity contribution >= 4 is 17.5 Å². The zero-order chi connectivity index (χ0) is 15.6. The molecule has 0 radical (unpaired) electrons. The average molecular weight is 308 g/mol. The molecule has 0 aliphatic rings. The van der Waals surface area contributed by atoms with E-state index in [1.807, 2.05) is 34.0 Å². The average Bonchev–Trinajstić information content (AvgIpc) is 2.74. The van der Waals surface area contributed by atoms with E-state index in [0.29, 0.717) is 12.4 Å². The Balaban J connectivity index is 2.13. The Morgan fingerprint density at radius 2 is 2.19 bits per heavy atom. The van der Waals surface area contributed by atoms with Crippen LogP contribution in [0.2, 0.25) is 5.02 Å². The van der Waals surface area contributed by atoms with Crippen molar-refractivity contribution < 1.29 is 4.79 Å². The molecule has 0 aliphatic heterocycles. The van der Waals surface area contributed by atoms with E-state index >= 15 is 0 Å². The molecular formula is C14H18ClN5O. The number of halogens is 1. The fraction of sp³-hybridized carbons (Fsp3) is 0.429. The summed E-state index contributed by atoms with van der Waals surface area (Å²) >= 11 is 6.01. The SMILES string of the molecule is Cc1nn(C)cc1CNC(=O)c1nc(C(C)C)ncc1Cl. The van der Waals surface area contributed by atoms with Gasteiger partial charge in [0.2, 0.25) is 0 Å². The molecule has 1 amide bonds. The summed E-state index contributed by atoms with van der Waals surface area (Å²) in [4.78, 5) is 20.6. The van der Waals surface area contributed by atoms with Gasteiger partial charge in [-0.1, -0.05) is 25.4 Å². The first-order valence-electron chi connectivity index (χ1n) is 6.68. The van der Waals surface area contributed by atoms with E-state index in [0.717, 1.165) is 11.3 Å². The molecule has 6 nitrogen and oxygen atoms in total. The van der Waals surface area contributed by atoms with Gasteiger partial charge in [-0.2, -0.15) is 5.10 Å². The summed E-state index contributed by atoms with van der Waals surface area (Å²) in [6.45, 7) is 6.21. The topological polar surface area (TPSA) is 72.7 Å². The number of rotatable bonds is 4. The van der Waals surface area contributed by atoms with Crippen LogP contribution in [0.15, 0.2) is 12.4 Å². The summed E-state index contributed by atoms with van der Waals surface area (Å²) in [5, 5.41) is 7.29. The van der Waals surface area contributed by atoms with Gasteiger partial charge in [0.1, 0.15) is 11.5 Å². The van der Waals surface area contributed by atoms with Crippen molar-refractivity contribution in [1.29, 1.82) is 0 Å². The molecule has 0 aliphatic carbocycles. The predicted octanol–water partition coefficient (Wildman–Crippen LogP) is 2.23. The number of aryl methyl sites for hydroxylation is 2. The van der Waals surface area contributed by atoms with Crippen LogP contribution in [0.4, 0.5) is 0 Å². The summed E-state index contributed by atoms with van der Waals surface area (Å²) < 4.78 is 1.71. The van der Waals surface area contributed by atoms with Crippen molar-refractivity contribution in [3.8, 4) is 0 Å². The smallest absolute Gasteiger partial charge is 0.271 e. The van der Waals surface area contributed by atoms with E-state index in [-0.39, 0.29) is 22.5 Å². The van der Waals surface area contributed by atoms with Crippen LogP contribution in [-0.2, 0) is 13.6 Å². The van der Waals surface area contributed by atoms with Gasteiger partial charge >= 0.3 is 0 Å². The molecule has 0 fully saturated rings. The zero-order valence-corrected chi connectivity index (χ0v) is 13.3. The minimum absolute atomic E-state index is 0.134. The monoisotopic (exact) mass is 307 g/mol. The first kappa shape index (κ1) is 15.4. The highest BCUT2D eigenvalue weighted by Crippen LogP contribution is 2.16. The normalized spacial score (nSPS) is 11.0. The lowest BCUT2D eigenvalue weighted by Crippen LogP contribution is -2.25. The second-order valence-electron chi connectivity index (χ2n) is 5.18. The quantitative estimate of drug-likeness (QED) is 0.940. The number of nitrogens with one attached hydrogen (secondary N) is 1. The largest absolute Gasteiger partial charge is 0.346 e. The second kappa shape index (κ2) is 6.22. The molecule has 0 saturated carbocycles. The molecule has 0 bridgehead atoms. The fourth-order valence-electron chi connectivity index (χ4n) is 1.90. The minimum Gasteiger partial charge on any atom is -0.346 e. The Morgan fingerprint density at radius 1 is 1.48 bits per heavy atom. The predicted molar refractivity (Wildman–Crippen MR) is 80.2 cm³/mol. The van der Waals surface area contributed by atoms with Gasteiger partial charge in [0.15, 0.2) is 0 Å². The third-order valence-corrected chi connectivity index (χ3v) is 3.33. The Kier molecular flexibility index (Phi) is 4.57. The highest BCUT2D eigenvalue weighted by Gasteiger charge is 2.16. The van der Waals surface area contributed by atoms with E-state index in [1.165, 1.54) is 6.20 Å². The van der Waals surface area contributed by atoms with E-state index < -0.39 is 0 Å². The molecule has 112 valence electrons. The van der Waals surface area contributed by atoms with E-state index in [9.17, 15) is 4.79 Å². The van der Waals surface area contributed by atoms with Gasteiger partial charge in [-0.15, -0.1) is 0 Å². The summed E-state index contributed by atoms with van der Waals surface area (Å²) in [5.74, 6) is 0.420. The Labute approximate surface area is 128 Å². The van der Waals surface area contributed by atoms with E-state index in [4.69, 9.17) is 11.6 Å². The minimum atomic E-state index is -0.312. The molecule has 0 unspecified atom stereocenters. The van der Waals surface area contributed by atoms with Gasteiger partial charge in [0, 0.05) is 31.3 Å².